The Morgan fingerprint density at radius 2 is 1.59 bits per heavy atom. The van der Waals surface area contributed by atoms with E-state index in [1.54, 1.807) is 4.57 Å². The van der Waals surface area contributed by atoms with Gasteiger partial charge in [-0.05, 0) is 43.2 Å². The fourth-order valence-corrected chi connectivity index (χ4v) is 5.14. The average Bonchev–Trinajstić information content (AvgIpc) is 3.15. The smallest absolute Gasteiger partial charge is 0.271 e. The van der Waals surface area contributed by atoms with Gasteiger partial charge in [0, 0.05) is 5.69 Å². The minimum atomic E-state index is -0.568. The SMILES string of the molecule is CC1=C(C(=O)Nc2ccccc2)C(c2ccccc2)n2c(s/c(=C/c3ccc(C)cc3)c2=O)=N1. The Morgan fingerprint density at radius 1 is 0.941 bits per heavy atom. The number of thiazole rings is 1. The van der Waals surface area contributed by atoms with Gasteiger partial charge in [-0.15, -0.1) is 0 Å². The summed E-state index contributed by atoms with van der Waals surface area (Å²) in [4.78, 5) is 32.4. The predicted molar refractivity (Wildman–Crippen MR) is 136 cm³/mol. The average molecular weight is 466 g/mol. The number of rotatable bonds is 4. The molecule has 0 saturated carbocycles. The van der Waals surface area contributed by atoms with Crippen LogP contribution in [0.3, 0.4) is 0 Å². The molecule has 0 radical (unpaired) electrons. The number of nitrogens with one attached hydrogen (secondary N) is 1. The zero-order valence-corrected chi connectivity index (χ0v) is 19.7. The van der Waals surface area contributed by atoms with Crippen LogP contribution in [0.2, 0.25) is 0 Å². The van der Waals surface area contributed by atoms with Crippen molar-refractivity contribution in [2.24, 2.45) is 4.99 Å². The molecule has 34 heavy (non-hydrogen) atoms. The second-order valence-corrected chi connectivity index (χ2v) is 9.23. The van der Waals surface area contributed by atoms with E-state index in [-0.39, 0.29) is 11.5 Å². The molecule has 6 heteroatoms. The molecule has 1 amide bonds. The van der Waals surface area contributed by atoms with Gasteiger partial charge in [-0.2, -0.15) is 0 Å². The first-order chi connectivity index (χ1) is 16.5. The summed E-state index contributed by atoms with van der Waals surface area (Å²) in [5.41, 5.74) is 4.57. The maximum atomic E-state index is 13.6. The number of benzene rings is 3. The number of hydrogen-bond donors (Lipinski definition) is 1. The van der Waals surface area contributed by atoms with E-state index in [1.165, 1.54) is 11.3 Å². The number of fused-ring (bicyclic) bond motifs is 1. The Hall–Kier alpha value is -4.03. The van der Waals surface area contributed by atoms with Crippen LogP contribution in [0.25, 0.3) is 6.08 Å². The molecule has 1 aliphatic rings. The number of nitrogens with zero attached hydrogens (tertiary/aromatic N) is 2. The number of anilines is 1. The standard InChI is InChI=1S/C28H23N3O2S/c1-18-13-15-20(16-14-18)17-23-27(33)31-25(21-9-5-3-6-10-21)24(19(2)29-28(31)34-23)26(32)30-22-11-7-4-8-12-22/h3-17,25H,1-2H3,(H,30,32)/b23-17+. The van der Waals surface area contributed by atoms with Crippen LogP contribution in [0.1, 0.15) is 29.7 Å². The molecule has 168 valence electrons. The van der Waals surface area contributed by atoms with Crippen LogP contribution in [0.4, 0.5) is 5.69 Å². The van der Waals surface area contributed by atoms with Crippen LogP contribution < -0.4 is 20.2 Å². The molecule has 0 aliphatic carbocycles. The molecule has 1 aliphatic heterocycles. The number of carbonyl (C=O) groups is 1. The van der Waals surface area contributed by atoms with E-state index in [4.69, 9.17) is 0 Å². The molecule has 0 spiro atoms. The van der Waals surface area contributed by atoms with Crippen molar-refractivity contribution in [2.75, 3.05) is 5.32 Å². The summed E-state index contributed by atoms with van der Waals surface area (Å²) in [6.45, 7) is 3.86. The van der Waals surface area contributed by atoms with Crippen molar-refractivity contribution in [1.82, 2.24) is 4.57 Å². The largest absolute Gasteiger partial charge is 0.322 e. The molecule has 3 aromatic carbocycles. The first-order valence-electron chi connectivity index (χ1n) is 11.0. The fraction of sp³-hybridized carbons (Fsp3) is 0.107. The molecule has 2 heterocycles. The van der Waals surface area contributed by atoms with Crippen LogP contribution in [0.5, 0.6) is 0 Å². The zero-order chi connectivity index (χ0) is 23.7. The molecule has 0 fully saturated rings. The van der Waals surface area contributed by atoms with Crippen molar-refractivity contribution < 1.29 is 4.79 Å². The molecule has 0 saturated heterocycles. The Balaban J connectivity index is 1.66. The highest BCUT2D eigenvalue weighted by molar-refractivity contribution is 7.07. The summed E-state index contributed by atoms with van der Waals surface area (Å²) < 4.78 is 2.23. The molecule has 1 unspecified atom stereocenters. The van der Waals surface area contributed by atoms with Gasteiger partial charge in [0.2, 0.25) is 0 Å². The summed E-state index contributed by atoms with van der Waals surface area (Å²) in [5.74, 6) is -0.269. The first-order valence-corrected chi connectivity index (χ1v) is 11.8. The number of hydrogen-bond acceptors (Lipinski definition) is 4. The minimum Gasteiger partial charge on any atom is -0.322 e. The Labute approximate surface area is 201 Å². The highest BCUT2D eigenvalue weighted by Gasteiger charge is 2.32. The lowest BCUT2D eigenvalue weighted by atomic mass is 9.95. The van der Waals surface area contributed by atoms with E-state index in [0.717, 1.165) is 16.7 Å². The lowest BCUT2D eigenvalue weighted by molar-refractivity contribution is -0.113. The Bertz CT molecular complexity index is 1560. The van der Waals surface area contributed by atoms with Crippen LogP contribution >= 0.6 is 11.3 Å². The quantitative estimate of drug-likeness (QED) is 0.491. The van der Waals surface area contributed by atoms with Crippen LogP contribution in [0.15, 0.2) is 106 Å². The van der Waals surface area contributed by atoms with Crippen molar-refractivity contribution >= 4 is 29.0 Å². The van der Waals surface area contributed by atoms with E-state index in [0.29, 0.717) is 26.3 Å². The van der Waals surface area contributed by atoms with Crippen molar-refractivity contribution in [3.8, 4) is 0 Å². The van der Waals surface area contributed by atoms with E-state index in [1.807, 2.05) is 105 Å². The molecular formula is C28H23N3O2S. The minimum absolute atomic E-state index is 0.157. The molecule has 1 atom stereocenters. The Kier molecular flexibility index (Phi) is 5.82. The van der Waals surface area contributed by atoms with E-state index >= 15 is 0 Å². The molecule has 1 N–H and O–H groups in total. The van der Waals surface area contributed by atoms with E-state index in [9.17, 15) is 9.59 Å². The van der Waals surface area contributed by atoms with Gasteiger partial charge in [0.1, 0.15) is 0 Å². The maximum Gasteiger partial charge on any atom is 0.271 e. The topological polar surface area (TPSA) is 63.5 Å². The van der Waals surface area contributed by atoms with Gasteiger partial charge in [0.25, 0.3) is 11.5 Å². The van der Waals surface area contributed by atoms with Gasteiger partial charge >= 0.3 is 0 Å². The maximum absolute atomic E-state index is 13.6. The van der Waals surface area contributed by atoms with E-state index < -0.39 is 6.04 Å². The van der Waals surface area contributed by atoms with Crippen molar-refractivity contribution in [1.29, 1.82) is 0 Å². The summed E-state index contributed by atoms with van der Waals surface area (Å²) in [5, 5.41) is 2.97. The second-order valence-electron chi connectivity index (χ2n) is 8.22. The van der Waals surface area contributed by atoms with Crippen molar-refractivity contribution in [3.63, 3.8) is 0 Å². The number of allylic oxidation sites excluding steroid dienone is 1. The zero-order valence-electron chi connectivity index (χ0n) is 18.9. The van der Waals surface area contributed by atoms with Crippen LogP contribution in [-0.2, 0) is 4.79 Å². The van der Waals surface area contributed by atoms with Gasteiger partial charge in [-0.1, -0.05) is 89.7 Å². The van der Waals surface area contributed by atoms with Crippen LogP contribution in [0, 0.1) is 6.92 Å². The molecular weight excluding hydrogens is 442 g/mol. The monoisotopic (exact) mass is 465 g/mol. The first kappa shape index (κ1) is 21.8. The van der Waals surface area contributed by atoms with Gasteiger partial charge < -0.3 is 5.32 Å². The predicted octanol–water partition coefficient (Wildman–Crippen LogP) is 4.18. The molecule has 5 rings (SSSR count). The fourth-order valence-electron chi connectivity index (χ4n) is 4.10. The Morgan fingerprint density at radius 3 is 2.26 bits per heavy atom. The second kappa shape index (κ2) is 9.08. The normalized spacial score (nSPS) is 15.6. The number of carbonyl (C=O) groups excluding carboxylic acids is 1. The molecule has 5 nitrogen and oxygen atoms in total. The van der Waals surface area contributed by atoms with Gasteiger partial charge in [0.15, 0.2) is 4.80 Å². The third kappa shape index (κ3) is 4.16. The van der Waals surface area contributed by atoms with E-state index in [2.05, 4.69) is 10.3 Å². The lowest BCUT2D eigenvalue weighted by Gasteiger charge is -2.25. The third-order valence-corrected chi connectivity index (χ3v) is 6.77. The van der Waals surface area contributed by atoms with Gasteiger partial charge in [-0.3, -0.25) is 14.2 Å². The summed E-state index contributed by atoms with van der Waals surface area (Å²) >= 11 is 1.34. The van der Waals surface area contributed by atoms with Crippen molar-refractivity contribution in [2.45, 2.75) is 19.9 Å². The highest BCUT2D eigenvalue weighted by Crippen LogP contribution is 2.30. The molecule has 4 aromatic rings. The molecule has 0 bridgehead atoms. The van der Waals surface area contributed by atoms with Crippen molar-refractivity contribution in [3.05, 3.63) is 133 Å². The van der Waals surface area contributed by atoms with Crippen LogP contribution in [-0.4, -0.2) is 10.5 Å². The number of amides is 1. The van der Waals surface area contributed by atoms with Gasteiger partial charge in [0.05, 0.1) is 21.8 Å². The number of aryl methyl sites for hydroxylation is 1. The third-order valence-electron chi connectivity index (χ3n) is 5.79. The van der Waals surface area contributed by atoms with Gasteiger partial charge in [-0.25, -0.2) is 4.99 Å². The highest BCUT2D eigenvalue weighted by atomic mass is 32.1. The lowest BCUT2D eigenvalue weighted by Crippen LogP contribution is -2.40. The summed E-state index contributed by atoms with van der Waals surface area (Å²) in [6.07, 6.45) is 1.88. The molecule has 1 aromatic heterocycles. The number of aromatic nitrogens is 1. The summed E-state index contributed by atoms with van der Waals surface area (Å²) in [6, 6.07) is 26.4. The number of para-hydroxylation sites is 1. The summed E-state index contributed by atoms with van der Waals surface area (Å²) in [7, 11) is 0.